The maximum Gasteiger partial charge on any atom is 0.306 e. The smallest absolute Gasteiger partial charge is 0.306 e. The van der Waals surface area contributed by atoms with Crippen LogP contribution in [0.25, 0.3) is 0 Å². The molecule has 0 atom stereocenters. The zero-order valence-electron chi connectivity index (χ0n) is 6.89. The van der Waals surface area contributed by atoms with E-state index in [1.54, 1.807) is 0 Å². The molecule has 4 nitrogen and oxygen atoms in total. The summed E-state index contributed by atoms with van der Waals surface area (Å²) < 4.78 is 25.7. The molecule has 0 spiro atoms. The van der Waals surface area contributed by atoms with Gasteiger partial charge in [0, 0.05) is 0 Å². The van der Waals surface area contributed by atoms with E-state index in [2.05, 4.69) is 4.18 Å². The fourth-order valence-electron chi connectivity index (χ4n) is 0.676. The van der Waals surface area contributed by atoms with Crippen LogP contribution < -0.4 is 4.18 Å². The van der Waals surface area contributed by atoms with Crippen molar-refractivity contribution in [3.63, 3.8) is 0 Å². The first-order chi connectivity index (χ1) is 5.47. The SMILES string of the molecule is CS(=O)(=O)Oc1ccc(O)cc1.S. The van der Waals surface area contributed by atoms with Crippen molar-refractivity contribution < 1.29 is 17.7 Å². The molecule has 0 amide bonds. The third-order valence-electron chi connectivity index (χ3n) is 1.08. The number of phenols is 1. The lowest BCUT2D eigenvalue weighted by atomic mass is 10.3. The van der Waals surface area contributed by atoms with Crippen LogP contribution in [0.4, 0.5) is 0 Å². The molecule has 13 heavy (non-hydrogen) atoms. The van der Waals surface area contributed by atoms with Crippen molar-refractivity contribution in [2.24, 2.45) is 0 Å². The van der Waals surface area contributed by atoms with E-state index in [4.69, 9.17) is 5.11 Å². The molecule has 0 bridgehead atoms. The number of benzene rings is 1. The van der Waals surface area contributed by atoms with Gasteiger partial charge in [0.25, 0.3) is 0 Å². The Morgan fingerprint density at radius 3 is 2.08 bits per heavy atom. The van der Waals surface area contributed by atoms with Crippen molar-refractivity contribution in [1.82, 2.24) is 0 Å². The Morgan fingerprint density at radius 2 is 1.69 bits per heavy atom. The van der Waals surface area contributed by atoms with Gasteiger partial charge >= 0.3 is 10.1 Å². The summed E-state index contributed by atoms with van der Waals surface area (Å²) in [6, 6.07) is 5.44. The molecule has 1 N–H and O–H groups in total. The molecule has 6 heteroatoms. The molecule has 0 aliphatic heterocycles. The van der Waals surface area contributed by atoms with Gasteiger partial charge in [0.05, 0.1) is 6.26 Å². The summed E-state index contributed by atoms with van der Waals surface area (Å²) in [6.07, 6.45) is 0.958. The Labute approximate surface area is 83.7 Å². The lowest BCUT2D eigenvalue weighted by Crippen LogP contribution is -2.05. The minimum Gasteiger partial charge on any atom is -0.508 e. The molecule has 1 rings (SSSR count). The molecule has 0 saturated carbocycles. The third kappa shape index (κ3) is 4.64. The van der Waals surface area contributed by atoms with Crippen LogP contribution in [0.5, 0.6) is 11.5 Å². The van der Waals surface area contributed by atoms with E-state index in [1.165, 1.54) is 24.3 Å². The van der Waals surface area contributed by atoms with Gasteiger partial charge in [-0.25, -0.2) is 0 Å². The Hall–Kier alpha value is -0.880. The second-order valence-corrected chi connectivity index (χ2v) is 3.86. The van der Waals surface area contributed by atoms with Crippen molar-refractivity contribution >= 4 is 23.6 Å². The third-order valence-corrected chi connectivity index (χ3v) is 1.58. The second-order valence-electron chi connectivity index (χ2n) is 2.28. The summed E-state index contributed by atoms with van der Waals surface area (Å²) in [4.78, 5) is 0. The number of phenolic OH excluding ortho intramolecular Hbond substituents is 1. The Morgan fingerprint density at radius 1 is 1.23 bits per heavy atom. The van der Waals surface area contributed by atoms with Crippen LogP contribution in [-0.4, -0.2) is 19.8 Å². The quantitative estimate of drug-likeness (QED) is 0.753. The number of hydrogen-bond acceptors (Lipinski definition) is 4. The molecular weight excluding hydrogens is 212 g/mol. The molecule has 0 fully saturated rings. The lowest BCUT2D eigenvalue weighted by molar-refractivity contribution is 0.470. The van der Waals surface area contributed by atoms with Crippen molar-refractivity contribution in [3.8, 4) is 11.5 Å². The summed E-state index contributed by atoms with van der Waals surface area (Å²) in [5.74, 6) is 0.256. The minimum atomic E-state index is -3.47. The van der Waals surface area contributed by atoms with Crippen LogP contribution in [0, 0.1) is 0 Å². The Bertz CT molecular complexity index is 355. The van der Waals surface area contributed by atoms with Gasteiger partial charge in [0.1, 0.15) is 11.5 Å². The normalized spacial score (nSPS) is 10.2. The molecule has 0 aromatic heterocycles. The Kier molecular flexibility index (Phi) is 4.09. The van der Waals surface area contributed by atoms with E-state index in [0.717, 1.165) is 6.26 Å². The van der Waals surface area contributed by atoms with E-state index in [0.29, 0.717) is 0 Å². The van der Waals surface area contributed by atoms with Gasteiger partial charge in [0.2, 0.25) is 0 Å². The maximum absolute atomic E-state index is 10.6. The molecule has 0 radical (unpaired) electrons. The average Bonchev–Trinajstić information content (AvgIpc) is 1.91. The maximum atomic E-state index is 10.6. The highest BCUT2D eigenvalue weighted by atomic mass is 32.2. The zero-order chi connectivity index (χ0) is 9.19. The van der Waals surface area contributed by atoms with E-state index in [-0.39, 0.29) is 25.0 Å². The lowest BCUT2D eigenvalue weighted by Gasteiger charge is -2.01. The summed E-state index contributed by atoms with van der Waals surface area (Å²) in [6.45, 7) is 0. The van der Waals surface area contributed by atoms with Crippen LogP contribution >= 0.6 is 13.5 Å². The van der Waals surface area contributed by atoms with E-state index in [9.17, 15) is 8.42 Å². The van der Waals surface area contributed by atoms with Crippen LogP contribution in [0.1, 0.15) is 0 Å². The van der Waals surface area contributed by atoms with Crippen molar-refractivity contribution in [2.45, 2.75) is 0 Å². The number of rotatable bonds is 2. The van der Waals surface area contributed by atoms with E-state index in [1.807, 2.05) is 0 Å². The van der Waals surface area contributed by atoms with Gasteiger partial charge in [0.15, 0.2) is 0 Å². The monoisotopic (exact) mass is 222 g/mol. The van der Waals surface area contributed by atoms with Crippen LogP contribution in [0.15, 0.2) is 24.3 Å². The molecular formula is C7H10O4S2. The van der Waals surface area contributed by atoms with Gasteiger partial charge in [-0.3, -0.25) is 0 Å². The molecule has 1 aromatic rings. The standard InChI is InChI=1S/C7H8O4S.H2S/c1-12(9,10)11-7-4-2-6(8)3-5-7;/h2-5,8H,1H3;1H2. The topological polar surface area (TPSA) is 63.6 Å². The summed E-state index contributed by atoms with van der Waals surface area (Å²) in [5, 5.41) is 8.85. The fraction of sp³-hybridized carbons (Fsp3) is 0.143. The highest BCUT2D eigenvalue weighted by Gasteiger charge is 2.02. The van der Waals surface area contributed by atoms with Gasteiger partial charge in [-0.15, -0.1) is 0 Å². The van der Waals surface area contributed by atoms with Crippen molar-refractivity contribution in [1.29, 1.82) is 0 Å². The van der Waals surface area contributed by atoms with Crippen LogP contribution in [0.2, 0.25) is 0 Å². The first-order valence-electron chi connectivity index (χ1n) is 3.16. The predicted octanol–water partition coefficient (Wildman–Crippen LogP) is 0.843. The van der Waals surface area contributed by atoms with Gasteiger partial charge in [-0.2, -0.15) is 21.9 Å². The Balaban J connectivity index is 0.00000144. The second kappa shape index (κ2) is 4.38. The zero-order valence-corrected chi connectivity index (χ0v) is 8.71. The van der Waals surface area contributed by atoms with Crippen LogP contribution in [0.3, 0.4) is 0 Å². The summed E-state index contributed by atoms with van der Waals surface area (Å²) >= 11 is 0. The van der Waals surface area contributed by atoms with E-state index >= 15 is 0 Å². The summed E-state index contributed by atoms with van der Waals surface area (Å²) in [5.41, 5.74) is 0. The molecule has 1 aromatic carbocycles. The first-order valence-corrected chi connectivity index (χ1v) is 4.97. The molecule has 0 saturated heterocycles. The summed E-state index contributed by atoms with van der Waals surface area (Å²) in [7, 11) is -3.47. The predicted molar refractivity (Wildman–Crippen MR) is 54.0 cm³/mol. The molecule has 74 valence electrons. The molecule has 0 aliphatic carbocycles. The van der Waals surface area contributed by atoms with Gasteiger partial charge in [-0.05, 0) is 24.3 Å². The van der Waals surface area contributed by atoms with Crippen molar-refractivity contribution in [3.05, 3.63) is 24.3 Å². The highest BCUT2D eigenvalue weighted by Crippen LogP contribution is 2.16. The fourth-order valence-corrected chi connectivity index (χ4v) is 1.14. The molecule has 0 heterocycles. The highest BCUT2D eigenvalue weighted by molar-refractivity contribution is 7.86. The number of hydrogen-bond donors (Lipinski definition) is 1. The van der Waals surface area contributed by atoms with E-state index < -0.39 is 10.1 Å². The van der Waals surface area contributed by atoms with Gasteiger partial charge < -0.3 is 9.29 Å². The number of aromatic hydroxyl groups is 1. The van der Waals surface area contributed by atoms with Gasteiger partial charge in [-0.1, -0.05) is 0 Å². The van der Waals surface area contributed by atoms with Crippen molar-refractivity contribution in [2.75, 3.05) is 6.26 Å². The average molecular weight is 222 g/mol. The largest absolute Gasteiger partial charge is 0.508 e. The first kappa shape index (κ1) is 12.1. The van der Waals surface area contributed by atoms with Crippen LogP contribution in [-0.2, 0) is 10.1 Å². The minimum absolute atomic E-state index is 0. The molecule has 0 aliphatic rings. The molecule has 0 unspecified atom stereocenters.